The van der Waals surface area contributed by atoms with Gasteiger partial charge in [-0.15, -0.1) is 0 Å². The van der Waals surface area contributed by atoms with Crippen molar-refractivity contribution in [3.63, 3.8) is 0 Å². The van der Waals surface area contributed by atoms with E-state index in [1.165, 1.54) is 0 Å². The number of benzene rings is 1. The summed E-state index contributed by atoms with van der Waals surface area (Å²) in [6.45, 7) is 6.58. The van der Waals surface area contributed by atoms with Crippen LogP contribution < -0.4 is 20.9 Å². The number of allylic oxidation sites excluding steroid dienone is 1. The fraction of sp³-hybridized carbons (Fsp3) is 0.364. The highest BCUT2D eigenvalue weighted by Crippen LogP contribution is 2.38. The summed E-state index contributed by atoms with van der Waals surface area (Å²) in [6.07, 6.45) is 1.66. The second-order valence-corrected chi connectivity index (χ2v) is 7.40. The summed E-state index contributed by atoms with van der Waals surface area (Å²) in [6, 6.07) is 10.2. The summed E-state index contributed by atoms with van der Waals surface area (Å²) in [7, 11) is 0. The van der Waals surface area contributed by atoms with Gasteiger partial charge in [-0.25, -0.2) is 9.97 Å². The Morgan fingerprint density at radius 2 is 2.26 bits per heavy atom. The molecule has 1 saturated heterocycles. The van der Waals surface area contributed by atoms with Crippen LogP contribution in [0.2, 0.25) is 0 Å². The van der Waals surface area contributed by atoms with E-state index >= 15 is 0 Å². The molecule has 1 amide bonds. The molecule has 3 heterocycles. The van der Waals surface area contributed by atoms with Gasteiger partial charge in [0.25, 0.3) is 0 Å². The maximum atomic E-state index is 12.4. The van der Waals surface area contributed by atoms with Crippen LogP contribution >= 0.6 is 0 Å². The Balaban J connectivity index is 1.60. The smallest absolute Gasteiger partial charge is 0.229 e. The molecule has 0 saturated carbocycles. The van der Waals surface area contributed by atoms with Crippen LogP contribution in [0.15, 0.2) is 36.3 Å². The standard InChI is InChI=1S/C22H25N7O2/c1-3-29-18-7-5-4-6-17(18)26-21(29)16(11-23)20-14(2)12-25-22(28-20)27-19(30)10-15-13-24-8-9-31-15/h4-7,12,15,24,26H,3,8-10,13H2,1-2H3,(H,25,27,28,30)/b21-16+. The van der Waals surface area contributed by atoms with E-state index in [0.717, 1.165) is 23.5 Å². The van der Waals surface area contributed by atoms with Gasteiger partial charge >= 0.3 is 0 Å². The van der Waals surface area contributed by atoms with Gasteiger partial charge in [-0.05, 0) is 31.5 Å². The van der Waals surface area contributed by atoms with Gasteiger partial charge in [0.05, 0.1) is 36.2 Å². The Kier molecular flexibility index (Phi) is 6.11. The Morgan fingerprint density at radius 1 is 1.42 bits per heavy atom. The molecular weight excluding hydrogens is 394 g/mol. The molecule has 9 heteroatoms. The Labute approximate surface area is 181 Å². The molecule has 31 heavy (non-hydrogen) atoms. The number of rotatable bonds is 5. The second-order valence-electron chi connectivity index (χ2n) is 7.40. The first kappa shape index (κ1) is 20.8. The van der Waals surface area contributed by atoms with Crippen LogP contribution in [0.1, 0.15) is 24.6 Å². The van der Waals surface area contributed by atoms with E-state index in [0.29, 0.717) is 36.8 Å². The Morgan fingerprint density at radius 3 is 3.00 bits per heavy atom. The number of anilines is 3. The maximum Gasteiger partial charge on any atom is 0.229 e. The minimum atomic E-state index is -0.226. The number of nitrogens with zero attached hydrogens (tertiary/aromatic N) is 4. The van der Waals surface area contributed by atoms with Crippen LogP contribution in [-0.2, 0) is 9.53 Å². The van der Waals surface area contributed by atoms with Crippen molar-refractivity contribution in [3.8, 4) is 6.07 Å². The largest absolute Gasteiger partial charge is 0.375 e. The zero-order valence-corrected chi connectivity index (χ0v) is 17.6. The molecular formula is C22H25N7O2. The summed E-state index contributed by atoms with van der Waals surface area (Å²) in [4.78, 5) is 23.2. The van der Waals surface area contributed by atoms with Crippen molar-refractivity contribution < 1.29 is 9.53 Å². The van der Waals surface area contributed by atoms with Crippen LogP contribution in [0, 0.1) is 18.3 Å². The molecule has 0 bridgehead atoms. The fourth-order valence-electron chi connectivity index (χ4n) is 3.76. The van der Waals surface area contributed by atoms with Gasteiger partial charge in [-0.1, -0.05) is 12.1 Å². The van der Waals surface area contributed by atoms with Crippen molar-refractivity contribution in [3.05, 3.63) is 47.5 Å². The van der Waals surface area contributed by atoms with E-state index in [4.69, 9.17) is 4.74 Å². The minimum absolute atomic E-state index is 0.168. The third kappa shape index (κ3) is 4.35. The lowest BCUT2D eigenvalue weighted by Crippen LogP contribution is -2.40. The Hall–Kier alpha value is -3.48. The van der Waals surface area contributed by atoms with Crippen LogP contribution in [0.3, 0.4) is 0 Å². The number of nitrogens with one attached hydrogen (secondary N) is 3. The van der Waals surface area contributed by atoms with Crippen molar-refractivity contribution in [2.45, 2.75) is 26.4 Å². The van der Waals surface area contributed by atoms with Crippen molar-refractivity contribution >= 4 is 28.8 Å². The number of aryl methyl sites for hydroxylation is 1. The van der Waals surface area contributed by atoms with Gasteiger partial charge in [-0.2, -0.15) is 5.26 Å². The van der Waals surface area contributed by atoms with E-state index in [1.807, 2.05) is 43.0 Å². The normalized spacial score (nSPS) is 19.3. The average Bonchev–Trinajstić information content (AvgIpc) is 3.15. The molecule has 160 valence electrons. The number of para-hydroxylation sites is 2. The number of ether oxygens (including phenoxy) is 1. The quantitative estimate of drug-likeness (QED) is 0.632. The predicted octanol–water partition coefficient (Wildman–Crippen LogP) is 2.25. The molecule has 1 unspecified atom stereocenters. The van der Waals surface area contributed by atoms with Crippen LogP contribution in [0.4, 0.5) is 17.3 Å². The van der Waals surface area contributed by atoms with Gasteiger partial charge in [0.2, 0.25) is 11.9 Å². The third-order valence-corrected chi connectivity index (χ3v) is 5.26. The minimum Gasteiger partial charge on any atom is -0.375 e. The molecule has 9 nitrogen and oxygen atoms in total. The topological polar surface area (TPSA) is 115 Å². The average molecular weight is 419 g/mol. The lowest BCUT2D eigenvalue weighted by Gasteiger charge is -2.23. The third-order valence-electron chi connectivity index (χ3n) is 5.26. The lowest BCUT2D eigenvalue weighted by molar-refractivity contribution is -0.119. The van der Waals surface area contributed by atoms with E-state index in [1.54, 1.807) is 6.20 Å². The van der Waals surface area contributed by atoms with Crippen molar-refractivity contribution in [2.75, 3.05) is 41.8 Å². The summed E-state index contributed by atoms with van der Waals surface area (Å²) in [5.74, 6) is 0.615. The molecule has 1 aromatic heterocycles. The van der Waals surface area contributed by atoms with Crippen molar-refractivity contribution in [1.82, 2.24) is 15.3 Å². The fourth-order valence-corrected chi connectivity index (χ4v) is 3.76. The molecule has 3 N–H and O–H groups in total. The number of hydrogen-bond donors (Lipinski definition) is 3. The summed E-state index contributed by atoms with van der Waals surface area (Å²) < 4.78 is 5.58. The molecule has 4 rings (SSSR count). The van der Waals surface area contributed by atoms with Gasteiger partial charge in [-0.3, -0.25) is 10.1 Å². The monoisotopic (exact) mass is 419 g/mol. The number of aromatic nitrogens is 2. The molecule has 2 aliphatic rings. The predicted molar refractivity (Wildman–Crippen MR) is 118 cm³/mol. The van der Waals surface area contributed by atoms with Crippen LogP contribution in [0.25, 0.3) is 5.57 Å². The SMILES string of the molecule is CCN1/C(=C(\C#N)c2nc(NC(=O)CC3CNCCO3)ncc2C)Nc2ccccc21. The highest BCUT2D eigenvalue weighted by molar-refractivity contribution is 5.92. The molecule has 1 aromatic carbocycles. The first-order valence-corrected chi connectivity index (χ1v) is 10.3. The van der Waals surface area contributed by atoms with Crippen molar-refractivity contribution in [2.24, 2.45) is 0 Å². The highest BCUT2D eigenvalue weighted by Gasteiger charge is 2.27. The lowest BCUT2D eigenvalue weighted by atomic mass is 10.1. The summed E-state index contributed by atoms with van der Waals surface area (Å²) >= 11 is 0. The molecule has 0 spiro atoms. The Bertz CT molecular complexity index is 1050. The van der Waals surface area contributed by atoms with Gasteiger partial charge in [0.1, 0.15) is 17.5 Å². The highest BCUT2D eigenvalue weighted by atomic mass is 16.5. The first-order chi connectivity index (χ1) is 15.1. The maximum absolute atomic E-state index is 12.4. The first-order valence-electron chi connectivity index (χ1n) is 10.3. The van der Waals surface area contributed by atoms with Crippen molar-refractivity contribution in [1.29, 1.82) is 5.26 Å². The number of nitriles is 1. The number of carbonyl (C=O) groups excluding carboxylic acids is 1. The van der Waals surface area contributed by atoms with E-state index in [-0.39, 0.29) is 24.4 Å². The van der Waals surface area contributed by atoms with E-state index < -0.39 is 0 Å². The molecule has 2 aliphatic heterocycles. The van der Waals surface area contributed by atoms with Crippen LogP contribution in [0.5, 0.6) is 0 Å². The summed E-state index contributed by atoms with van der Waals surface area (Å²) in [5, 5.41) is 19.3. The molecule has 0 radical (unpaired) electrons. The molecule has 2 aromatic rings. The number of amides is 1. The number of carbonyl (C=O) groups is 1. The second kappa shape index (κ2) is 9.12. The molecule has 0 aliphatic carbocycles. The van der Waals surface area contributed by atoms with E-state index in [2.05, 4.69) is 32.0 Å². The number of morpholine rings is 1. The zero-order valence-electron chi connectivity index (χ0n) is 17.6. The number of hydrogen-bond acceptors (Lipinski definition) is 8. The number of fused-ring (bicyclic) bond motifs is 1. The van der Waals surface area contributed by atoms with E-state index in [9.17, 15) is 10.1 Å². The molecule has 1 fully saturated rings. The van der Waals surface area contributed by atoms with Gasteiger partial charge in [0.15, 0.2) is 0 Å². The zero-order chi connectivity index (χ0) is 21.8. The van der Waals surface area contributed by atoms with Crippen LogP contribution in [-0.4, -0.2) is 48.2 Å². The molecule has 1 atom stereocenters. The van der Waals surface area contributed by atoms with Gasteiger partial charge < -0.3 is 20.3 Å². The van der Waals surface area contributed by atoms with Gasteiger partial charge in [0, 0.05) is 25.8 Å². The summed E-state index contributed by atoms with van der Waals surface area (Å²) in [5.41, 5.74) is 3.57.